The molecule has 16 heavy (non-hydrogen) atoms. The molecule has 0 radical (unpaired) electrons. The lowest BCUT2D eigenvalue weighted by atomic mass is 10.3. The largest absolute Gasteiger partial charge is 0.228 e. The first-order valence-electron chi connectivity index (χ1n) is 5.21. The Morgan fingerprint density at radius 1 is 0.812 bits per heavy atom. The van der Waals surface area contributed by atoms with Gasteiger partial charge in [0.25, 0.3) is 0 Å². The minimum Gasteiger partial charge on any atom is -0.228 e. The van der Waals surface area contributed by atoms with E-state index in [4.69, 9.17) is 0 Å². The Kier molecular flexibility index (Phi) is 3.09. The van der Waals surface area contributed by atoms with E-state index in [-0.39, 0.29) is 0 Å². The van der Waals surface area contributed by atoms with Crippen LogP contribution in [0.5, 0.6) is 0 Å². The molecule has 0 aromatic carbocycles. The van der Waals surface area contributed by atoms with Crippen LogP contribution in [0.4, 0.5) is 0 Å². The lowest BCUT2D eigenvalue weighted by Crippen LogP contribution is -2.01. The third-order valence-corrected chi connectivity index (χ3v) is 2.10. The van der Waals surface area contributed by atoms with E-state index in [0.29, 0.717) is 23.0 Å². The Morgan fingerprint density at radius 2 is 1.25 bits per heavy atom. The highest BCUT2D eigenvalue weighted by Crippen LogP contribution is 2.11. The maximum absolute atomic E-state index is 4.33. The molecule has 2 heterocycles. The smallest absolute Gasteiger partial charge is 0.151 e. The van der Waals surface area contributed by atoms with Crippen LogP contribution in [0.15, 0.2) is 12.4 Å². The molecule has 2 rings (SSSR count). The molecule has 0 spiro atoms. The predicted molar refractivity (Wildman–Crippen MR) is 57.4 cm³/mol. The lowest BCUT2D eigenvalue weighted by molar-refractivity contribution is 0.829. The molecule has 0 aliphatic rings. The molecule has 2 aromatic heterocycles. The van der Waals surface area contributed by atoms with Gasteiger partial charge in [0.1, 0.15) is 11.4 Å². The van der Waals surface area contributed by atoms with Gasteiger partial charge in [-0.15, -0.1) is 10.2 Å². The molecular weight excluding hydrogens is 204 g/mol. The maximum atomic E-state index is 4.33. The van der Waals surface area contributed by atoms with Crippen molar-refractivity contribution >= 4 is 0 Å². The van der Waals surface area contributed by atoms with Crippen LogP contribution in [0.25, 0.3) is 11.4 Å². The predicted octanol–water partition coefficient (Wildman–Crippen LogP) is 0.848. The number of aryl methyl sites for hydroxylation is 2. The Morgan fingerprint density at radius 3 is 1.62 bits per heavy atom. The highest BCUT2D eigenvalue weighted by molar-refractivity contribution is 5.50. The Bertz CT molecular complexity index is 439. The van der Waals surface area contributed by atoms with E-state index >= 15 is 0 Å². The van der Waals surface area contributed by atoms with E-state index in [1.165, 1.54) is 0 Å². The van der Waals surface area contributed by atoms with Gasteiger partial charge in [-0.1, -0.05) is 13.8 Å². The number of aromatic nitrogens is 6. The van der Waals surface area contributed by atoms with Gasteiger partial charge in [0.15, 0.2) is 11.6 Å². The van der Waals surface area contributed by atoms with Crippen molar-refractivity contribution in [2.45, 2.75) is 26.7 Å². The number of nitrogens with zero attached hydrogens (tertiary/aromatic N) is 6. The minimum atomic E-state index is 0.691. The van der Waals surface area contributed by atoms with Crippen LogP contribution in [0, 0.1) is 0 Å². The zero-order chi connectivity index (χ0) is 11.4. The standard InChI is InChI=1S/C10H12N6/c1-3-9-13-7(5-11-15-9)8-6-12-16-10(4-2)14-8/h5-6H,3-4H2,1-2H3. The second-order valence-electron chi connectivity index (χ2n) is 3.22. The van der Waals surface area contributed by atoms with E-state index in [1.807, 2.05) is 13.8 Å². The first kappa shape index (κ1) is 10.5. The normalized spacial score (nSPS) is 10.4. The molecule has 0 saturated heterocycles. The van der Waals surface area contributed by atoms with Crippen molar-refractivity contribution < 1.29 is 0 Å². The molecule has 6 heteroatoms. The molecule has 0 saturated carbocycles. The van der Waals surface area contributed by atoms with Crippen LogP contribution >= 0.6 is 0 Å². The van der Waals surface area contributed by atoms with E-state index in [1.54, 1.807) is 12.4 Å². The summed E-state index contributed by atoms with van der Waals surface area (Å²) in [4.78, 5) is 8.67. The number of hydrogen-bond donors (Lipinski definition) is 0. The Hall–Kier alpha value is -1.98. The van der Waals surface area contributed by atoms with Crippen LogP contribution in [-0.2, 0) is 12.8 Å². The van der Waals surface area contributed by atoms with Crippen LogP contribution in [0.2, 0.25) is 0 Å². The van der Waals surface area contributed by atoms with Crippen molar-refractivity contribution in [3.8, 4) is 11.4 Å². The average molecular weight is 216 g/mol. The van der Waals surface area contributed by atoms with Gasteiger partial charge >= 0.3 is 0 Å². The Balaban J connectivity index is 2.41. The fraction of sp³-hybridized carbons (Fsp3) is 0.400. The minimum absolute atomic E-state index is 0.691. The molecule has 0 atom stereocenters. The summed E-state index contributed by atoms with van der Waals surface area (Å²) in [5.74, 6) is 1.41. The Labute approximate surface area is 93.2 Å². The lowest BCUT2D eigenvalue weighted by Gasteiger charge is -2.01. The first-order chi connectivity index (χ1) is 7.83. The van der Waals surface area contributed by atoms with Gasteiger partial charge in [-0.3, -0.25) is 0 Å². The molecule has 6 nitrogen and oxygen atoms in total. The molecule has 0 fully saturated rings. The van der Waals surface area contributed by atoms with Gasteiger partial charge in [-0.05, 0) is 0 Å². The maximum Gasteiger partial charge on any atom is 0.151 e. The van der Waals surface area contributed by atoms with Crippen LogP contribution < -0.4 is 0 Å². The summed E-state index contributed by atoms with van der Waals surface area (Å²) in [7, 11) is 0. The van der Waals surface area contributed by atoms with Gasteiger partial charge < -0.3 is 0 Å². The summed E-state index contributed by atoms with van der Waals surface area (Å²) < 4.78 is 0. The topological polar surface area (TPSA) is 77.3 Å². The molecule has 0 aliphatic heterocycles. The molecule has 82 valence electrons. The van der Waals surface area contributed by atoms with Crippen molar-refractivity contribution in [1.82, 2.24) is 30.4 Å². The fourth-order valence-electron chi connectivity index (χ4n) is 1.23. The average Bonchev–Trinajstić information content (AvgIpc) is 2.39. The summed E-state index contributed by atoms with van der Waals surface area (Å²) in [5, 5.41) is 15.6. The van der Waals surface area contributed by atoms with Crippen molar-refractivity contribution in [2.24, 2.45) is 0 Å². The molecule has 0 aliphatic carbocycles. The van der Waals surface area contributed by atoms with Gasteiger partial charge in [-0.2, -0.15) is 10.2 Å². The molecule has 2 aromatic rings. The summed E-state index contributed by atoms with van der Waals surface area (Å²) in [6, 6.07) is 0. The second-order valence-corrected chi connectivity index (χ2v) is 3.22. The molecular formula is C10H12N6. The second kappa shape index (κ2) is 4.69. The van der Waals surface area contributed by atoms with Crippen molar-refractivity contribution in [1.29, 1.82) is 0 Å². The van der Waals surface area contributed by atoms with Crippen molar-refractivity contribution in [3.63, 3.8) is 0 Å². The molecule has 0 amide bonds. The van der Waals surface area contributed by atoms with Crippen LogP contribution in [0.3, 0.4) is 0 Å². The zero-order valence-electron chi connectivity index (χ0n) is 9.25. The summed E-state index contributed by atoms with van der Waals surface area (Å²) in [5.41, 5.74) is 1.38. The molecule has 0 bridgehead atoms. The first-order valence-corrected chi connectivity index (χ1v) is 5.21. The highest BCUT2D eigenvalue weighted by Gasteiger charge is 2.05. The SMILES string of the molecule is CCc1nncc(-c2cnnc(CC)n2)n1. The van der Waals surface area contributed by atoms with Crippen LogP contribution in [-0.4, -0.2) is 30.4 Å². The van der Waals surface area contributed by atoms with Crippen molar-refractivity contribution in [3.05, 3.63) is 24.0 Å². The summed E-state index contributed by atoms with van der Waals surface area (Å²) in [6.45, 7) is 3.97. The summed E-state index contributed by atoms with van der Waals surface area (Å²) >= 11 is 0. The van der Waals surface area contributed by atoms with Gasteiger partial charge in [0.05, 0.1) is 12.4 Å². The van der Waals surface area contributed by atoms with E-state index in [9.17, 15) is 0 Å². The van der Waals surface area contributed by atoms with E-state index < -0.39 is 0 Å². The third kappa shape index (κ3) is 2.16. The highest BCUT2D eigenvalue weighted by atomic mass is 15.2. The van der Waals surface area contributed by atoms with E-state index in [2.05, 4.69) is 30.4 Å². The molecule has 0 N–H and O–H groups in total. The van der Waals surface area contributed by atoms with Crippen molar-refractivity contribution in [2.75, 3.05) is 0 Å². The van der Waals surface area contributed by atoms with Gasteiger partial charge in [0, 0.05) is 12.8 Å². The zero-order valence-corrected chi connectivity index (χ0v) is 9.25. The van der Waals surface area contributed by atoms with E-state index in [0.717, 1.165) is 12.8 Å². The molecule has 0 unspecified atom stereocenters. The van der Waals surface area contributed by atoms with Gasteiger partial charge in [0.2, 0.25) is 0 Å². The van der Waals surface area contributed by atoms with Gasteiger partial charge in [-0.25, -0.2) is 9.97 Å². The number of rotatable bonds is 3. The third-order valence-electron chi connectivity index (χ3n) is 2.10. The fourth-order valence-corrected chi connectivity index (χ4v) is 1.23. The summed E-state index contributed by atoms with van der Waals surface area (Å²) in [6.07, 6.45) is 4.67. The van der Waals surface area contributed by atoms with Crippen LogP contribution in [0.1, 0.15) is 25.5 Å². The monoisotopic (exact) mass is 216 g/mol. The quantitative estimate of drug-likeness (QED) is 0.756. The number of hydrogen-bond acceptors (Lipinski definition) is 6.